The molecule has 1 heterocycles. The molecule has 1 atom stereocenters. The molecule has 0 bridgehead atoms. The number of ketones is 1. The van der Waals surface area contributed by atoms with Crippen LogP contribution in [0, 0.1) is 0 Å². The fourth-order valence-corrected chi connectivity index (χ4v) is 2.92. The number of rotatable bonds is 3. The van der Waals surface area contributed by atoms with Gasteiger partial charge in [0.25, 0.3) is 5.91 Å². The third kappa shape index (κ3) is 4.13. The van der Waals surface area contributed by atoms with Crippen molar-refractivity contribution >= 4 is 17.8 Å². The third-order valence-corrected chi connectivity index (χ3v) is 3.90. The summed E-state index contributed by atoms with van der Waals surface area (Å²) in [5.41, 5.74) is 0.953. The zero-order chi connectivity index (χ0) is 17.9. The van der Waals surface area contributed by atoms with Crippen LogP contribution in [-0.2, 0) is 9.59 Å². The molecule has 0 radical (unpaired) electrons. The van der Waals surface area contributed by atoms with Gasteiger partial charge in [-0.2, -0.15) is 0 Å². The molecule has 0 saturated carbocycles. The average molecular weight is 326 g/mol. The molecule has 0 aromatic heterocycles. The van der Waals surface area contributed by atoms with Gasteiger partial charge in [0.2, 0.25) is 0 Å². The van der Waals surface area contributed by atoms with Gasteiger partial charge in [-0.1, -0.05) is 42.5 Å². The molecule has 1 saturated heterocycles. The van der Waals surface area contributed by atoms with E-state index in [9.17, 15) is 9.59 Å². The Bertz CT molecular complexity index is 667. The van der Waals surface area contributed by atoms with Crippen LogP contribution >= 0.6 is 0 Å². The van der Waals surface area contributed by atoms with Crippen LogP contribution in [0.1, 0.15) is 32.8 Å². The molecule has 0 spiro atoms. The van der Waals surface area contributed by atoms with Crippen LogP contribution in [0.25, 0.3) is 6.08 Å². The number of likely N-dealkylation sites (tertiary alicyclic amines) is 1. The highest BCUT2D eigenvalue weighted by Crippen LogP contribution is 2.29. The van der Waals surface area contributed by atoms with Crippen LogP contribution in [0.2, 0.25) is 0 Å². The molecule has 0 unspecified atom stereocenters. The van der Waals surface area contributed by atoms with E-state index >= 15 is 0 Å². The van der Waals surface area contributed by atoms with E-state index < -0.39 is 0 Å². The van der Waals surface area contributed by atoms with Crippen LogP contribution in [0.3, 0.4) is 0 Å². The fourth-order valence-electron chi connectivity index (χ4n) is 2.92. The molecular weight excluding hydrogens is 300 g/mol. The second-order valence-electron chi connectivity index (χ2n) is 7.32. The van der Waals surface area contributed by atoms with Crippen LogP contribution < -0.4 is 0 Å². The standard InChI is InChI=1S/C20H26N2O2/c1-20(2,3)22-16(12-11-15-9-7-6-8-10-15)13-18(23)17(19(22)24)14-21(4)5/h6-12,14,16H,13H2,1-5H3/b12-11+,17-14-/t16-/m0/s1. The quantitative estimate of drug-likeness (QED) is 0.633. The summed E-state index contributed by atoms with van der Waals surface area (Å²) in [4.78, 5) is 28.9. The topological polar surface area (TPSA) is 40.6 Å². The van der Waals surface area contributed by atoms with Crippen molar-refractivity contribution in [2.75, 3.05) is 14.1 Å². The molecular formula is C20H26N2O2. The Morgan fingerprint density at radius 2 is 1.75 bits per heavy atom. The molecule has 1 fully saturated rings. The molecule has 1 amide bonds. The van der Waals surface area contributed by atoms with E-state index in [0.717, 1.165) is 5.56 Å². The Morgan fingerprint density at radius 1 is 1.12 bits per heavy atom. The van der Waals surface area contributed by atoms with Crippen LogP contribution in [0.4, 0.5) is 0 Å². The average Bonchev–Trinajstić information content (AvgIpc) is 2.48. The van der Waals surface area contributed by atoms with Gasteiger partial charge in [-0.15, -0.1) is 0 Å². The number of amides is 1. The number of hydrogen-bond donors (Lipinski definition) is 0. The zero-order valence-corrected chi connectivity index (χ0v) is 15.1. The third-order valence-electron chi connectivity index (χ3n) is 3.90. The predicted octanol–water partition coefficient (Wildman–Crippen LogP) is 3.11. The van der Waals surface area contributed by atoms with Crippen molar-refractivity contribution in [2.45, 2.75) is 38.8 Å². The monoisotopic (exact) mass is 326 g/mol. The number of nitrogens with zero attached hydrogens (tertiary/aromatic N) is 2. The van der Waals surface area contributed by atoms with Gasteiger partial charge in [-0.25, -0.2) is 0 Å². The number of Topliss-reactive ketones (excluding diaryl/α,β-unsaturated/α-hetero) is 1. The second kappa shape index (κ2) is 7.04. The Morgan fingerprint density at radius 3 is 2.29 bits per heavy atom. The van der Waals surface area contributed by atoms with E-state index in [0.29, 0.717) is 6.42 Å². The number of carbonyl (C=O) groups excluding carboxylic acids is 2. The van der Waals surface area contributed by atoms with E-state index in [1.165, 1.54) is 0 Å². The number of hydrogen-bond acceptors (Lipinski definition) is 3. The predicted molar refractivity (Wildman–Crippen MR) is 97.3 cm³/mol. The summed E-state index contributed by atoms with van der Waals surface area (Å²) in [6, 6.07) is 9.67. The highest BCUT2D eigenvalue weighted by molar-refractivity contribution is 6.21. The van der Waals surface area contributed by atoms with Gasteiger partial charge in [0, 0.05) is 32.3 Å². The van der Waals surface area contributed by atoms with Crippen molar-refractivity contribution in [3.8, 4) is 0 Å². The van der Waals surface area contributed by atoms with Crippen molar-refractivity contribution in [3.05, 3.63) is 53.7 Å². The van der Waals surface area contributed by atoms with Crippen molar-refractivity contribution in [2.24, 2.45) is 0 Å². The van der Waals surface area contributed by atoms with Gasteiger partial charge < -0.3 is 9.80 Å². The largest absolute Gasteiger partial charge is 0.383 e. The van der Waals surface area contributed by atoms with E-state index in [1.54, 1.807) is 11.1 Å². The summed E-state index contributed by atoms with van der Waals surface area (Å²) in [6.07, 6.45) is 5.87. The lowest BCUT2D eigenvalue weighted by atomic mass is 9.90. The lowest BCUT2D eigenvalue weighted by molar-refractivity contribution is -0.140. The van der Waals surface area contributed by atoms with Gasteiger partial charge in [-0.05, 0) is 26.3 Å². The minimum atomic E-state index is -0.366. The SMILES string of the molecule is CN(C)/C=C1/C(=O)C[C@H](/C=C/c2ccccc2)N(C(C)(C)C)C1=O. The molecule has 4 heteroatoms. The summed E-state index contributed by atoms with van der Waals surface area (Å²) in [7, 11) is 3.63. The number of carbonyl (C=O) groups is 2. The Balaban J connectivity index is 2.35. The van der Waals surface area contributed by atoms with Gasteiger partial charge in [-0.3, -0.25) is 9.59 Å². The Hall–Kier alpha value is -2.36. The van der Waals surface area contributed by atoms with Gasteiger partial charge >= 0.3 is 0 Å². The molecule has 0 N–H and O–H groups in total. The molecule has 0 aliphatic carbocycles. The summed E-state index contributed by atoms with van der Waals surface area (Å²) in [6.45, 7) is 5.99. The van der Waals surface area contributed by atoms with Gasteiger partial charge in [0.1, 0.15) is 0 Å². The van der Waals surface area contributed by atoms with Crippen molar-refractivity contribution in [1.29, 1.82) is 0 Å². The highest BCUT2D eigenvalue weighted by atomic mass is 16.2. The van der Waals surface area contributed by atoms with Crippen molar-refractivity contribution in [1.82, 2.24) is 9.80 Å². The van der Waals surface area contributed by atoms with E-state index in [4.69, 9.17) is 0 Å². The second-order valence-corrected chi connectivity index (χ2v) is 7.32. The summed E-state index contributed by atoms with van der Waals surface area (Å²) < 4.78 is 0. The zero-order valence-electron chi connectivity index (χ0n) is 15.1. The summed E-state index contributed by atoms with van der Waals surface area (Å²) in [5.74, 6) is -0.299. The van der Waals surface area contributed by atoms with Crippen LogP contribution in [-0.4, -0.2) is 47.2 Å². The van der Waals surface area contributed by atoms with E-state index in [2.05, 4.69) is 0 Å². The minimum Gasteiger partial charge on any atom is -0.383 e. The Labute approximate surface area is 144 Å². The lowest BCUT2D eigenvalue weighted by Crippen LogP contribution is -2.56. The highest BCUT2D eigenvalue weighted by Gasteiger charge is 2.41. The lowest BCUT2D eigenvalue weighted by Gasteiger charge is -2.43. The van der Waals surface area contributed by atoms with Gasteiger partial charge in [0.15, 0.2) is 5.78 Å². The molecule has 1 aliphatic rings. The maximum absolute atomic E-state index is 12.9. The number of benzene rings is 1. The first-order valence-corrected chi connectivity index (χ1v) is 8.18. The normalized spacial score (nSPS) is 21.0. The summed E-state index contributed by atoms with van der Waals surface area (Å²) in [5, 5.41) is 0. The molecule has 1 aromatic carbocycles. The fraction of sp³-hybridized carbons (Fsp3) is 0.400. The maximum atomic E-state index is 12.9. The molecule has 1 aromatic rings. The molecule has 1 aliphatic heterocycles. The van der Waals surface area contributed by atoms with Crippen molar-refractivity contribution in [3.63, 3.8) is 0 Å². The first-order valence-electron chi connectivity index (χ1n) is 8.18. The first kappa shape index (κ1) is 18.0. The van der Waals surface area contributed by atoms with Crippen LogP contribution in [0.15, 0.2) is 48.2 Å². The van der Waals surface area contributed by atoms with Crippen LogP contribution in [0.5, 0.6) is 0 Å². The van der Waals surface area contributed by atoms with E-state index in [1.807, 2.05) is 82.3 Å². The molecule has 2 rings (SSSR count). The van der Waals surface area contributed by atoms with Crippen molar-refractivity contribution < 1.29 is 9.59 Å². The van der Waals surface area contributed by atoms with E-state index in [-0.39, 0.29) is 28.8 Å². The smallest absolute Gasteiger partial charge is 0.259 e. The molecule has 24 heavy (non-hydrogen) atoms. The van der Waals surface area contributed by atoms with Gasteiger partial charge in [0.05, 0.1) is 11.6 Å². The minimum absolute atomic E-state index is 0.100. The number of piperidine rings is 1. The maximum Gasteiger partial charge on any atom is 0.259 e. The summed E-state index contributed by atoms with van der Waals surface area (Å²) >= 11 is 0. The first-order chi connectivity index (χ1) is 11.2. The Kier molecular flexibility index (Phi) is 5.27. The molecule has 4 nitrogen and oxygen atoms in total. The molecule has 128 valence electrons.